The summed E-state index contributed by atoms with van der Waals surface area (Å²) in [5, 5.41) is 0. The SMILES string of the molecule is Sc1ccc(-c2ccc(Br)s2)s1. The molecule has 2 aromatic rings. The van der Waals surface area contributed by atoms with Crippen LogP contribution in [0.25, 0.3) is 9.75 Å². The fraction of sp³-hybridized carbons (Fsp3) is 0. The Morgan fingerprint density at radius 2 is 1.67 bits per heavy atom. The Bertz CT molecular complexity index is 350. The number of hydrogen-bond acceptors (Lipinski definition) is 3. The van der Waals surface area contributed by atoms with Gasteiger partial charge in [-0.15, -0.1) is 35.3 Å². The van der Waals surface area contributed by atoms with Crippen molar-refractivity contribution in [3.63, 3.8) is 0 Å². The lowest BCUT2D eigenvalue weighted by Crippen LogP contribution is -1.55. The predicted octanol–water partition coefficient (Wildman–Crippen LogP) is 4.53. The van der Waals surface area contributed by atoms with E-state index in [1.165, 1.54) is 13.5 Å². The van der Waals surface area contributed by atoms with E-state index < -0.39 is 0 Å². The second-order valence-electron chi connectivity index (χ2n) is 2.24. The third-order valence-corrected chi connectivity index (χ3v) is 4.54. The van der Waals surface area contributed by atoms with Gasteiger partial charge < -0.3 is 0 Å². The molecule has 4 heteroatoms. The molecule has 2 rings (SSSR count). The maximum atomic E-state index is 4.27. The van der Waals surface area contributed by atoms with Crippen LogP contribution >= 0.6 is 51.2 Å². The van der Waals surface area contributed by atoms with Crippen molar-refractivity contribution in [3.8, 4) is 9.75 Å². The summed E-state index contributed by atoms with van der Waals surface area (Å²) in [5.41, 5.74) is 0. The lowest BCUT2D eigenvalue weighted by Gasteiger charge is -1.86. The van der Waals surface area contributed by atoms with Gasteiger partial charge in [-0.25, -0.2) is 0 Å². The summed E-state index contributed by atoms with van der Waals surface area (Å²) in [6.07, 6.45) is 0. The first-order chi connectivity index (χ1) is 5.75. The molecule has 0 bridgehead atoms. The third kappa shape index (κ3) is 1.76. The Balaban J connectivity index is 2.43. The van der Waals surface area contributed by atoms with Gasteiger partial charge in [-0.2, -0.15) is 0 Å². The third-order valence-electron chi connectivity index (χ3n) is 1.41. The summed E-state index contributed by atoms with van der Waals surface area (Å²) in [7, 11) is 0. The monoisotopic (exact) mass is 276 g/mol. The number of rotatable bonds is 1. The number of halogens is 1. The molecule has 0 aliphatic carbocycles. The van der Waals surface area contributed by atoms with Crippen LogP contribution in [0.1, 0.15) is 0 Å². The molecular formula is C8H5BrS3. The smallest absolute Gasteiger partial charge is 0.0705 e. The number of thiol groups is 1. The Morgan fingerprint density at radius 1 is 1.00 bits per heavy atom. The van der Waals surface area contributed by atoms with Gasteiger partial charge in [0, 0.05) is 9.75 Å². The highest BCUT2D eigenvalue weighted by molar-refractivity contribution is 9.11. The van der Waals surface area contributed by atoms with Gasteiger partial charge >= 0.3 is 0 Å². The first-order valence-corrected chi connectivity index (χ1v) is 6.17. The van der Waals surface area contributed by atoms with Crippen LogP contribution in [0.5, 0.6) is 0 Å². The fourth-order valence-electron chi connectivity index (χ4n) is 0.907. The van der Waals surface area contributed by atoms with E-state index in [4.69, 9.17) is 0 Å². The molecule has 0 spiro atoms. The second kappa shape index (κ2) is 3.54. The topological polar surface area (TPSA) is 0 Å². The zero-order valence-electron chi connectivity index (χ0n) is 5.95. The van der Waals surface area contributed by atoms with Crippen LogP contribution < -0.4 is 0 Å². The van der Waals surface area contributed by atoms with E-state index in [0.29, 0.717) is 0 Å². The van der Waals surface area contributed by atoms with Crippen molar-refractivity contribution in [2.45, 2.75) is 4.21 Å². The van der Waals surface area contributed by atoms with Crippen LogP contribution in [0, 0.1) is 0 Å². The van der Waals surface area contributed by atoms with E-state index in [2.05, 4.69) is 46.8 Å². The summed E-state index contributed by atoms with van der Waals surface area (Å²) in [6.45, 7) is 0. The van der Waals surface area contributed by atoms with Crippen molar-refractivity contribution in [2.75, 3.05) is 0 Å². The second-order valence-corrected chi connectivity index (χ2v) is 6.57. The van der Waals surface area contributed by atoms with Gasteiger partial charge in [-0.3, -0.25) is 0 Å². The molecule has 0 atom stereocenters. The lowest BCUT2D eigenvalue weighted by molar-refractivity contribution is 1.76. The Morgan fingerprint density at radius 3 is 2.17 bits per heavy atom. The highest BCUT2D eigenvalue weighted by Gasteiger charge is 2.02. The Hall–Kier alpha value is 0.230. The molecule has 0 fully saturated rings. The van der Waals surface area contributed by atoms with Crippen molar-refractivity contribution in [1.82, 2.24) is 0 Å². The largest absolute Gasteiger partial charge is 0.133 e. The lowest BCUT2D eigenvalue weighted by atomic mass is 10.4. The molecule has 0 saturated heterocycles. The highest BCUT2D eigenvalue weighted by Crippen LogP contribution is 2.36. The van der Waals surface area contributed by atoms with E-state index in [1.807, 2.05) is 6.07 Å². The van der Waals surface area contributed by atoms with Gasteiger partial charge in [0.25, 0.3) is 0 Å². The van der Waals surface area contributed by atoms with E-state index in [9.17, 15) is 0 Å². The maximum absolute atomic E-state index is 4.27. The van der Waals surface area contributed by atoms with Crippen LogP contribution in [-0.4, -0.2) is 0 Å². The van der Waals surface area contributed by atoms with Gasteiger partial charge in [-0.05, 0) is 40.2 Å². The molecule has 0 N–H and O–H groups in total. The molecule has 0 aliphatic heterocycles. The molecule has 0 radical (unpaired) electrons. The summed E-state index contributed by atoms with van der Waals surface area (Å²) in [5.74, 6) is 0. The van der Waals surface area contributed by atoms with Crippen LogP contribution in [0.3, 0.4) is 0 Å². The molecule has 2 aromatic heterocycles. The summed E-state index contributed by atoms with van der Waals surface area (Å²) >= 11 is 11.2. The zero-order chi connectivity index (χ0) is 8.55. The van der Waals surface area contributed by atoms with Crippen molar-refractivity contribution in [3.05, 3.63) is 28.1 Å². The molecule has 0 amide bonds. The van der Waals surface area contributed by atoms with Gasteiger partial charge in [0.05, 0.1) is 8.00 Å². The molecule has 0 aromatic carbocycles. The summed E-state index contributed by atoms with van der Waals surface area (Å²) < 4.78 is 2.24. The van der Waals surface area contributed by atoms with Crippen molar-refractivity contribution >= 4 is 51.2 Å². The summed E-state index contributed by atoms with van der Waals surface area (Å²) in [6, 6.07) is 8.31. The normalized spacial score (nSPS) is 10.5. The molecular weight excluding hydrogens is 272 g/mol. The standard InChI is InChI=1S/C8H5BrS3/c9-7-3-1-5(11-7)6-2-4-8(10)12-6/h1-4,10H. The molecule has 2 heterocycles. The average Bonchev–Trinajstić information content (AvgIpc) is 2.58. The van der Waals surface area contributed by atoms with E-state index in [-0.39, 0.29) is 0 Å². The Kier molecular flexibility index (Phi) is 2.60. The molecule has 12 heavy (non-hydrogen) atoms. The Labute approximate surface area is 92.8 Å². The number of thiophene rings is 2. The first kappa shape index (κ1) is 8.81. The highest BCUT2D eigenvalue weighted by atomic mass is 79.9. The van der Waals surface area contributed by atoms with Crippen LogP contribution in [0.15, 0.2) is 32.3 Å². The minimum absolute atomic E-state index is 1.06. The maximum Gasteiger partial charge on any atom is 0.0705 e. The summed E-state index contributed by atoms with van der Waals surface area (Å²) in [4.78, 5) is 2.59. The molecule has 0 nitrogen and oxygen atoms in total. The van der Waals surface area contributed by atoms with E-state index in [1.54, 1.807) is 22.7 Å². The van der Waals surface area contributed by atoms with E-state index in [0.717, 1.165) is 4.21 Å². The molecule has 0 aliphatic rings. The fourth-order valence-corrected chi connectivity index (χ4v) is 3.50. The quantitative estimate of drug-likeness (QED) is 0.727. The molecule has 0 unspecified atom stereocenters. The minimum Gasteiger partial charge on any atom is -0.133 e. The van der Waals surface area contributed by atoms with Gasteiger partial charge in [-0.1, -0.05) is 0 Å². The molecule has 0 saturated carbocycles. The van der Waals surface area contributed by atoms with Gasteiger partial charge in [0.2, 0.25) is 0 Å². The van der Waals surface area contributed by atoms with Crippen molar-refractivity contribution < 1.29 is 0 Å². The minimum atomic E-state index is 1.06. The van der Waals surface area contributed by atoms with Crippen LogP contribution in [0.4, 0.5) is 0 Å². The van der Waals surface area contributed by atoms with E-state index >= 15 is 0 Å². The predicted molar refractivity (Wildman–Crippen MR) is 62.6 cm³/mol. The van der Waals surface area contributed by atoms with Crippen LogP contribution in [0.2, 0.25) is 0 Å². The van der Waals surface area contributed by atoms with Crippen molar-refractivity contribution in [1.29, 1.82) is 0 Å². The average molecular weight is 277 g/mol. The molecule has 62 valence electrons. The van der Waals surface area contributed by atoms with Crippen molar-refractivity contribution in [2.24, 2.45) is 0 Å². The van der Waals surface area contributed by atoms with Crippen LogP contribution in [-0.2, 0) is 0 Å². The number of hydrogen-bond donors (Lipinski definition) is 1. The van der Waals surface area contributed by atoms with Gasteiger partial charge in [0.1, 0.15) is 0 Å². The van der Waals surface area contributed by atoms with Gasteiger partial charge in [0.15, 0.2) is 0 Å². The first-order valence-electron chi connectivity index (χ1n) is 3.30. The zero-order valence-corrected chi connectivity index (χ0v) is 10.1.